The van der Waals surface area contributed by atoms with E-state index >= 15 is 0 Å². The van der Waals surface area contributed by atoms with E-state index in [1.165, 1.54) is 12.1 Å². The number of hydrogen-bond donors (Lipinski definition) is 1. The first kappa shape index (κ1) is 11.9. The van der Waals surface area contributed by atoms with Gasteiger partial charge in [0.2, 0.25) is 5.78 Å². The zero-order chi connectivity index (χ0) is 10.9. The summed E-state index contributed by atoms with van der Waals surface area (Å²) in [6.45, 7) is 0. The Bertz CT molecular complexity index is 372. The molecule has 0 aromatic heterocycles. The van der Waals surface area contributed by atoms with Gasteiger partial charge in [-0.1, -0.05) is 46.4 Å². The number of benzene rings is 1. The van der Waals surface area contributed by atoms with E-state index in [0.29, 0.717) is 5.02 Å². The Morgan fingerprint density at radius 1 is 1.29 bits per heavy atom. The van der Waals surface area contributed by atoms with Crippen LogP contribution in [-0.2, 0) is 0 Å². The summed E-state index contributed by atoms with van der Waals surface area (Å²) < 4.78 is -2.02. The maximum absolute atomic E-state index is 11.5. The maximum atomic E-state index is 11.5. The van der Waals surface area contributed by atoms with Gasteiger partial charge >= 0.3 is 0 Å². The maximum Gasteiger partial charge on any atom is 0.253 e. The molecule has 0 unspecified atom stereocenters. The summed E-state index contributed by atoms with van der Waals surface area (Å²) in [4.78, 5) is 11.5. The Kier molecular flexibility index (Phi) is 3.53. The van der Waals surface area contributed by atoms with Crippen LogP contribution in [0.2, 0.25) is 5.02 Å². The predicted octanol–water partition coefficient (Wildman–Crippen LogP) is 3.48. The van der Waals surface area contributed by atoms with Crippen LogP contribution in [0.25, 0.3) is 0 Å². The zero-order valence-electron chi connectivity index (χ0n) is 6.73. The molecule has 0 aliphatic heterocycles. The lowest BCUT2D eigenvalue weighted by atomic mass is 10.1. The summed E-state index contributed by atoms with van der Waals surface area (Å²) in [7, 11) is 0. The molecule has 1 aromatic carbocycles. The van der Waals surface area contributed by atoms with Crippen LogP contribution >= 0.6 is 46.4 Å². The van der Waals surface area contributed by atoms with Crippen molar-refractivity contribution in [2.75, 3.05) is 5.73 Å². The second-order valence-corrected chi connectivity index (χ2v) is 5.28. The van der Waals surface area contributed by atoms with E-state index in [9.17, 15) is 4.79 Å². The lowest BCUT2D eigenvalue weighted by molar-refractivity contribution is 0.0997. The van der Waals surface area contributed by atoms with Gasteiger partial charge < -0.3 is 5.73 Å². The van der Waals surface area contributed by atoms with Crippen LogP contribution in [0.3, 0.4) is 0 Å². The third-order valence-corrected chi connectivity index (χ3v) is 2.27. The van der Waals surface area contributed by atoms with Crippen LogP contribution in [0.15, 0.2) is 18.2 Å². The Balaban J connectivity index is 3.19. The molecule has 0 radical (unpaired) electrons. The number of hydrogen-bond acceptors (Lipinski definition) is 2. The quantitative estimate of drug-likeness (QED) is 0.483. The van der Waals surface area contributed by atoms with Crippen molar-refractivity contribution in [2.45, 2.75) is 3.79 Å². The lowest BCUT2D eigenvalue weighted by Gasteiger charge is -2.11. The van der Waals surface area contributed by atoms with Gasteiger partial charge in [-0.25, -0.2) is 0 Å². The van der Waals surface area contributed by atoms with Crippen LogP contribution in [-0.4, -0.2) is 9.58 Å². The molecule has 0 atom stereocenters. The van der Waals surface area contributed by atoms with E-state index in [1.807, 2.05) is 0 Å². The highest BCUT2D eigenvalue weighted by atomic mass is 35.6. The van der Waals surface area contributed by atoms with Crippen molar-refractivity contribution >= 4 is 57.9 Å². The van der Waals surface area contributed by atoms with Gasteiger partial charge in [-0.3, -0.25) is 4.79 Å². The minimum Gasteiger partial charge on any atom is -0.398 e. The normalized spacial score (nSPS) is 11.4. The number of nitrogens with two attached hydrogens (primary N) is 1. The number of ketones is 1. The molecule has 0 aliphatic rings. The molecule has 1 aromatic rings. The summed E-state index contributed by atoms with van der Waals surface area (Å²) in [6, 6.07) is 4.39. The highest BCUT2D eigenvalue weighted by Gasteiger charge is 2.32. The molecule has 0 aliphatic carbocycles. The highest BCUT2D eigenvalue weighted by molar-refractivity contribution is 6.77. The number of carbonyl (C=O) groups is 1. The predicted molar refractivity (Wildman–Crippen MR) is 60.5 cm³/mol. The molecule has 76 valence electrons. The fourth-order valence-electron chi connectivity index (χ4n) is 0.878. The van der Waals surface area contributed by atoms with Crippen molar-refractivity contribution in [3.05, 3.63) is 28.8 Å². The van der Waals surface area contributed by atoms with Gasteiger partial charge in [0.25, 0.3) is 3.79 Å². The smallest absolute Gasteiger partial charge is 0.253 e. The standard InChI is InChI=1S/C8H5Cl4NO/c9-4-1-2-6(13)5(3-4)7(14)8(10,11)12/h1-3H,13H2. The number of alkyl halides is 3. The highest BCUT2D eigenvalue weighted by Crippen LogP contribution is 2.33. The molecule has 0 amide bonds. The molecule has 0 heterocycles. The number of Topliss-reactive ketones (excluding diaryl/α,β-unsaturated/α-hetero) is 1. The van der Waals surface area contributed by atoms with Gasteiger partial charge in [0.1, 0.15) is 0 Å². The van der Waals surface area contributed by atoms with E-state index in [1.54, 1.807) is 6.07 Å². The third-order valence-electron chi connectivity index (χ3n) is 1.52. The summed E-state index contributed by atoms with van der Waals surface area (Å²) in [5.74, 6) is -0.692. The Labute approximate surface area is 101 Å². The monoisotopic (exact) mass is 271 g/mol. The van der Waals surface area contributed by atoms with Crippen molar-refractivity contribution in [1.82, 2.24) is 0 Å². The molecule has 2 N–H and O–H groups in total. The van der Waals surface area contributed by atoms with Crippen LogP contribution < -0.4 is 5.73 Å². The van der Waals surface area contributed by atoms with Gasteiger partial charge in [0.15, 0.2) is 0 Å². The average Bonchev–Trinajstić information content (AvgIpc) is 2.06. The van der Waals surface area contributed by atoms with E-state index < -0.39 is 9.58 Å². The number of carbonyl (C=O) groups excluding carboxylic acids is 1. The number of rotatable bonds is 1. The summed E-state index contributed by atoms with van der Waals surface area (Å²) in [6.07, 6.45) is 0. The Morgan fingerprint density at radius 3 is 2.36 bits per heavy atom. The van der Waals surface area contributed by atoms with E-state index in [-0.39, 0.29) is 11.3 Å². The second-order valence-electron chi connectivity index (χ2n) is 2.56. The van der Waals surface area contributed by atoms with Crippen LogP contribution in [0.5, 0.6) is 0 Å². The minimum absolute atomic E-state index is 0.109. The minimum atomic E-state index is -2.02. The summed E-state index contributed by atoms with van der Waals surface area (Å²) in [5.41, 5.74) is 5.87. The molecular formula is C8H5Cl4NO. The van der Waals surface area contributed by atoms with E-state index in [0.717, 1.165) is 0 Å². The van der Waals surface area contributed by atoms with Crippen molar-refractivity contribution in [3.63, 3.8) is 0 Å². The van der Waals surface area contributed by atoms with Crippen molar-refractivity contribution in [1.29, 1.82) is 0 Å². The molecule has 0 fully saturated rings. The fourth-order valence-corrected chi connectivity index (χ4v) is 1.36. The van der Waals surface area contributed by atoms with E-state index in [4.69, 9.17) is 52.1 Å². The first-order valence-electron chi connectivity index (χ1n) is 3.49. The Morgan fingerprint density at radius 2 is 1.86 bits per heavy atom. The topological polar surface area (TPSA) is 43.1 Å². The molecule has 1 rings (SSSR count). The van der Waals surface area contributed by atoms with Crippen molar-refractivity contribution < 1.29 is 4.79 Å². The second kappa shape index (κ2) is 4.15. The molecule has 6 heteroatoms. The molecule has 2 nitrogen and oxygen atoms in total. The molecule has 0 saturated carbocycles. The summed E-state index contributed by atoms with van der Waals surface area (Å²) >= 11 is 21.9. The first-order chi connectivity index (χ1) is 6.32. The van der Waals surface area contributed by atoms with Gasteiger partial charge in [0.05, 0.1) is 0 Å². The Hall–Kier alpha value is -0.150. The molecule has 14 heavy (non-hydrogen) atoms. The lowest BCUT2D eigenvalue weighted by Crippen LogP contribution is -2.20. The first-order valence-corrected chi connectivity index (χ1v) is 5.00. The van der Waals surface area contributed by atoms with Crippen molar-refractivity contribution in [2.24, 2.45) is 0 Å². The van der Waals surface area contributed by atoms with Gasteiger partial charge in [-0.15, -0.1) is 0 Å². The molecular weight excluding hydrogens is 268 g/mol. The van der Waals surface area contributed by atoms with Crippen LogP contribution in [0, 0.1) is 0 Å². The number of halogens is 4. The number of anilines is 1. The molecule has 0 bridgehead atoms. The fraction of sp³-hybridized carbons (Fsp3) is 0.125. The molecule has 0 spiro atoms. The van der Waals surface area contributed by atoms with Gasteiger partial charge in [-0.2, -0.15) is 0 Å². The summed E-state index contributed by atoms with van der Waals surface area (Å²) in [5, 5.41) is 0.358. The average molecular weight is 273 g/mol. The van der Waals surface area contributed by atoms with Gasteiger partial charge in [-0.05, 0) is 18.2 Å². The van der Waals surface area contributed by atoms with Crippen LogP contribution in [0.4, 0.5) is 5.69 Å². The SMILES string of the molecule is Nc1ccc(Cl)cc1C(=O)C(Cl)(Cl)Cl. The van der Waals surface area contributed by atoms with E-state index in [2.05, 4.69) is 0 Å². The largest absolute Gasteiger partial charge is 0.398 e. The third kappa shape index (κ3) is 2.67. The van der Waals surface area contributed by atoms with Crippen LogP contribution in [0.1, 0.15) is 10.4 Å². The molecule has 0 saturated heterocycles. The van der Waals surface area contributed by atoms with Crippen molar-refractivity contribution in [3.8, 4) is 0 Å². The number of nitrogen functional groups attached to an aromatic ring is 1. The van der Waals surface area contributed by atoms with Gasteiger partial charge in [0, 0.05) is 16.3 Å². The zero-order valence-corrected chi connectivity index (χ0v) is 9.75.